The van der Waals surface area contributed by atoms with Gasteiger partial charge in [-0.25, -0.2) is 0 Å². The average molecular weight is 451 g/mol. The van der Waals surface area contributed by atoms with E-state index >= 15 is 0 Å². The molecule has 3 saturated carbocycles. The molecule has 3 aliphatic rings. The van der Waals surface area contributed by atoms with Gasteiger partial charge in [0, 0.05) is 0 Å². The Bertz CT molecular complexity index is 637. The first-order valence-electron chi connectivity index (χ1n) is 13.1. The van der Waals surface area contributed by atoms with E-state index in [9.17, 15) is 19.8 Å². The molecular weight excluding hydrogens is 404 g/mol. The second kappa shape index (κ2) is 9.61. The molecule has 2 atom stereocenters. The summed E-state index contributed by atoms with van der Waals surface area (Å²) in [6, 6.07) is -0.902. The van der Waals surface area contributed by atoms with Crippen molar-refractivity contribution in [3.05, 3.63) is 0 Å². The first kappa shape index (κ1) is 25.5. The van der Waals surface area contributed by atoms with Gasteiger partial charge in [0.15, 0.2) is 0 Å². The molecule has 32 heavy (non-hydrogen) atoms. The lowest BCUT2D eigenvalue weighted by molar-refractivity contribution is -0.179. The van der Waals surface area contributed by atoms with Gasteiger partial charge in [-0.1, -0.05) is 72.6 Å². The van der Waals surface area contributed by atoms with Gasteiger partial charge in [-0.05, 0) is 50.4 Å². The Balaban J connectivity index is 2.17. The molecule has 4 N–H and O–H groups in total. The number of hydrogen-bond donors (Lipinski definition) is 3. The van der Waals surface area contributed by atoms with Crippen molar-refractivity contribution in [1.82, 2.24) is 4.90 Å². The monoisotopic (exact) mass is 450 g/mol. The number of nitrogens with two attached hydrogens (primary N) is 1. The van der Waals surface area contributed by atoms with Crippen molar-refractivity contribution < 1.29 is 19.8 Å². The van der Waals surface area contributed by atoms with Crippen molar-refractivity contribution in [2.75, 3.05) is 0 Å². The maximum atomic E-state index is 14.6. The first-order chi connectivity index (χ1) is 15.0. The van der Waals surface area contributed by atoms with Gasteiger partial charge >= 0.3 is 0 Å². The normalized spacial score (nSPS) is 26.2. The molecule has 0 bridgehead atoms. The Hall–Kier alpha value is -1.14. The predicted molar refractivity (Wildman–Crippen MR) is 126 cm³/mol. The van der Waals surface area contributed by atoms with E-state index in [1.807, 2.05) is 4.90 Å². The van der Waals surface area contributed by atoms with Crippen LogP contribution < -0.4 is 5.73 Å². The molecule has 6 nitrogen and oxygen atoms in total. The highest BCUT2D eigenvalue weighted by atomic mass is 16.3. The minimum absolute atomic E-state index is 0.0122. The van der Waals surface area contributed by atoms with Crippen LogP contribution in [0.4, 0.5) is 0 Å². The molecular formula is C26H46N2O4. The molecule has 3 rings (SSSR count). The fraction of sp³-hybridized carbons (Fsp3) is 0.923. The third kappa shape index (κ3) is 4.46. The van der Waals surface area contributed by atoms with Crippen molar-refractivity contribution in [3.63, 3.8) is 0 Å². The van der Waals surface area contributed by atoms with Crippen LogP contribution in [0.2, 0.25) is 0 Å². The molecule has 0 aromatic rings. The highest BCUT2D eigenvalue weighted by Gasteiger charge is 2.58. The Labute approximate surface area is 194 Å². The third-order valence-electron chi connectivity index (χ3n) is 8.72. The molecule has 0 aliphatic heterocycles. The zero-order chi connectivity index (χ0) is 23.7. The fourth-order valence-corrected chi connectivity index (χ4v) is 7.36. The largest absolute Gasteiger partial charge is 0.388 e. The van der Waals surface area contributed by atoms with Crippen molar-refractivity contribution in [2.24, 2.45) is 23.0 Å². The number of carbonyl (C=O) groups is 2. The number of rotatable bonds is 8. The van der Waals surface area contributed by atoms with Crippen LogP contribution in [0.5, 0.6) is 0 Å². The van der Waals surface area contributed by atoms with Crippen LogP contribution in [0.25, 0.3) is 0 Å². The quantitative estimate of drug-likeness (QED) is 0.488. The number of carbonyl (C=O) groups excluding carboxylic acids is 2. The second-order valence-corrected chi connectivity index (χ2v) is 11.7. The first-order valence-corrected chi connectivity index (χ1v) is 13.1. The number of nitrogens with zero attached hydrogens (tertiary/aromatic N) is 1. The Morgan fingerprint density at radius 2 is 1.03 bits per heavy atom. The number of amides is 2. The summed E-state index contributed by atoms with van der Waals surface area (Å²) < 4.78 is 0. The zero-order valence-electron chi connectivity index (χ0n) is 20.7. The smallest absolute Gasteiger partial charge is 0.238 e. The van der Waals surface area contributed by atoms with E-state index in [0.717, 1.165) is 44.9 Å². The lowest BCUT2D eigenvalue weighted by atomic mass is 9.69. The lowest BCUT2D eigenvalue weighted by Crippen LogP contribution is -2.69. The molecule has 3 aliphatic carbocycles. The molecule has 2 amide bonds. The van der Waals surface area contributed by atoms with Gasteiger partial charge in [0.1, 0.15) is 5.41 Å². The van der Waals surface area contributed by atoms with Crippen molar-refractivity contribution >= 4 is 11.8 Å². The minimum atomic E-state index is -1.23. The van der Waals surface area contributed by atoms with Gasteiger partial charge in [0.05, 0.1) is 23.3 Å². The highest BCUT2D eigenvalue weighted by molar-refractivity contribution is 6.04. The molecule has 0 radical (unpaired) electrons. The van der Waals surface area contributed by atoms with Crippen LogP contribution in [0.1, 0.15) is 111 Å². The summed E-state index contributed by atoms with van der Waals surface area (Å²) in [4.78, 5) is 29.2. The van der Waals surface area contributed by atoms with Gasteiger partial charge in [0.2, 0.25) is 11.8 Å². The molecule has 184 valence electrons. The van der Waals surface area contributed by atoms with Crippen molar-refractivity contribution in [3.8, 4) is 0 Å². The zero-order valence-corrected chi connectivity index (χ0v) is 20.7. The van der Waals surface area contributed by atoms with E-state index in [4.69, 9.17) is 5.73 Å². The molecule has 2 unspecified atom stereocenters. The lowest BCUT2D eigenvalue weighted by Gasteiger charge is -2.54. The average Bonchev–Trinajstić information content (AvgIpc) is 3.36. The van der Waals surface area contributed by atoms with Crippen LogP contribution in [0, 0.1) is 17.3 Å². The summed E-state index contributed by atoms with van der Waals surface area (Å²) in [5.74, 6) is -0.819. The van der Waals surface area contributed by atoms with Crippen LogP contribution in [0.15, 0.2) is 0 Å². The van der Waals surface area contributed by atoms with Crippen molar-refractivity contribution in [1.29, 1.82) is 0 Å². The van der Waals surface area contributed by atoms with E-state index < -0.39 is 34.6 Å². The number of primary amides is 1. The Morgan fingerprint density at radius 3 is 1.34 bits per heavy atom. The van der Waals surface area contributed by atoms with Crippen LogP contribution in [0.3, 0.4) is 0 Å². The standard InChI is InChI=1S/C26H46N2O4/c1-18(2)20(25(31)14-8-9-15-25)28(21(19(3)4)26(32)16-10-11-17-26)23(30)24(22(27)29)12-6-5-7-13-24/h18-21,31-32H,5-17H2,1-4H3,(H2,27,29). The van der Waals surface area contributed by atoms with E-state index in [2.05, 4.69) is 27.7 Å². The molecule has 0 heterocycles. The molecule has 6 heteroatoms. The van der Waals surface area contributed by atoms with Crippen LogP contribution >= 0.6 is 0 Å². The fourth-order valence-electron chi connectivity index (χ4n) is 7.36. The predicted octanol–water partition coefficient (Wildman–Crippen LogP) is 3.91. The van der Waals surface area contributed by atoms with E-state index in [-0.39, 0.29) is 17.7 Å². The molecule has 0 saturated heterocycles. The van der Waals surface area contributed by atoms with Gasteiger partial charge < -0.3 is 20.8 Å². The van der Waals surface area contributed by atoms with Crippen LogP contribution in [-0.4, -0.2) is 50.2 Å². The number of hydrogen-bond acceptors (Lipinski definition) is 4. The van der Waals surface area contributed by atoms with E-state index in [1.165, 1.54) is 0 Å². The van der Waals surface area contributed by atoms with Crippen LogP contribution in [-0.2, 0) is 9.59 Å². The summed E-state index contributed by atoms with van der Waals surface area (Å²) in [6.07, 6.45) is 9.83. The highest BCUT2D eigenvalue weighted by Crippen LogP contribution is 2.47. The second-order valence-electron chi connectivity index (χ2n) is 11.7. The van der Waals surface area contributed by atoms with Crippen molar-refractivity contribution in [2.45, 2.75) is 134 Å². The summed E-state index contributed by atoms with van der Waals surface area (Å²) in [5.41, 5.74) is 2.72. The molecule has 0 aromatic heterocycles. The summed E-state index contributed by atoms with van der Waals surface area (Å²) in [6.45, 7) is 8.20. The summed E-state index contributed by atoms with van der Waals surface area (Å²) in [5, 5.41) is 23.7. The van der Waals surface area contributed by atoms with Gasteiger partial charge in [-0.2, -0.15) is 0 Å². The Morgan fingerprint density at radius 1 is 0.688 bits per heavy atom. The maximum Gasteiger partial charge on any atom is 0.238 e. The third-order valence-corrected chi connectivity index (χ3v) is 8.72. The van der Waals surface area contributed by atoms with E-state index in [1.54, 1.807) is 0 Å². The SMILES string of the molecule is CC(C)C(N(C(=O)C1(C(N)=O)CCCCC1)C(C(C)C)C1(O)CCCC1)C1(O)CCCC1. The minimum Gasteiger partial charge on any atom is -0.388 e. The molecule has 3 fully saturated rings. The van der Waals surface area contributed by atoms with E-state index in [0.29, 0.717) is 38.5 Å². The number of aliphatic hydroxyl groups is 2. The molecule has 0 spiro atoms. The van der Waals surface area contributed by atoms with Gasteiger partial charge in [0.25, 0.3) is 0 Å². The Kier molecular flexibility index (Phi) is 7.66. The maximum absolute atomic E-state index is 14.6. The summed E-state index contributed by atoms with van der Waals surface area (Å²) in [7, 11) is 0. The van der Waals surface area contributed by atoms with Gasteiger partial charge in [-0.15, -0.1) is 0 Å². The van der Waals surface area contributed by atoms with Gasteiger partial charge in [-0.3, -0.25) is 9.59 Å². The summed E-state index contributed by atoms with van der Waals surface area (Å²) >= 11 is 0. The topological polar surface area (TPSA) is 104 Å². The molecule has 0 aromatic carbocycles.